The average molecular weight is 295 g/mol. The van der Waals surface area contributed by atoms with Crippen molar-refractivity contribution in [2.24, 2.45) is 7.05 Å². The molecule has 1 aromatic rings. The standard InChI is InChI=1S/C15H29N5O/c1-4-11-16-13(12-14-17-19-20(3)18-14)15(21-5-2)9-7-6-8-10-15/h13,16H,4-12H2,1-3H3. The van der Waals surface area contributed by atoms with E-state index in [-0.39, 0.29) is 11.6 Å². The Morgan fingerprint density at radius 2 is 2.05 bits per heavy atom. The third-order valence-corrected chi connectivity index (χ3v) is 4.34. The molecule has 0 spiro atoms. The smallest absolute Gasteiger partial charge is 0.176 e. The molecule has 2 rings (SSSR count). The molecule has 1 aromatic heterocycles. The van der Waals surface area contributed by atoms with Gasteiger partial charge < -0.3 is 10.1 Å². The zero-order valence-electron chi connectivity index (χ0n) is 13.6. The topological polar surface area (TPSA) is 64.9 Å². The molecular weight excluding hydrogens is 266 g/mol. The van der Waals surface area contributed by atoms with Crippen LogP contribution in [0.3, 0.4) is 0 Å². The lowest BCUT2D eigenvalue weighted by Gasteiger charge is -2.43. The molecule has 0 saturated heterocycles. The molecule has 1 aliphatic carbocycles. The van der Waals surface area contributed by atoms with Gasteiger partial charge in [0, 0.05) is 19.1 Å². The summed E-state index contributed by atoms with van der Waals surface area (Å²) in [4.78, 5) is 1.53. The van der Waals surface area contributed by atoms with E-state index in [4.69, 9.17) is 4.74 Å². The maximum Gasteiger partial charge on any atom is 0.176 e. The summed E-state index contributed by atoms with van der Waals surface area (Å²) in [7, 11) is 1.81. The normalized spacial score (nSPS) is 19.6. The number of hydrogen-bond acceptors (Lipinski definition) is 5. The Morgan fingerprint density at radius 1 is 1.29 bits per heavy atom. The number of tetrazole rings is 1. The van der Waals surface area contributed by atoms with E-state index in [1.54, 1.807) is 0 Å². The van der Waals surface area contributed by atoms with E-state index in [0.29, 0.717) is 0 Å². The number of rotatable bonds is 8. The molecule has 0 aromatic carbocycles. The first-order valence-corrected chi connectivity index (χ1v) is 8.30. The van der Waals surface area contributed by atoms with E-state index in [9.17, 15) is 0 Å². The van der Waals surface area contributed by atoms with Gasteiger partial charge in [0.1, 0.15) is 0 Å². The molecule has 1 heterocycles. The molecule has 1 fully saturated rings. The van der Waals surface area contributed by atoms with Crippen LogP contribution in [0.4, 0.5) is 0 Å². The summed E-state index contributed by atoms with van der Waals surface area (Å²) in [6, 6.07) is 0.266. The summed E-state index contributed by atoms with van der Waals surface area (Å²) in [5, 5.41) is 16.1. The highest BCUT2D eigenvalue weighted by atomic mass is 16.5. The maximum atomic E-state index is 6.26. The van der Waals surface area contributed by atoms with Crippen LogP contribution in [0.25, 0.3) is 0 Å². The zero-order chi connectivity index (χ0) is 15.1. The minimum absolute atomic E-state index is 0.0681. The lowest BCUT2D eigenvalue weighted by molar-refractivity contribution is -0.0900. The molecule has 0 bridgehead atoms. The van der Waals surface area contributed by atoms with Crippen molar-refractivity contribution in [2.45, 2.75) is 70.4 Å². The highest BCUT2D eigenvalue weighted by molar-refractivity contribution is 5.00. The molecule has 6 nitrogen and oxygen atoms in total. The highest BCUT2D eigenvalue weighted by Crippen LogP contribution is 2.35. The molecular formula is C15H29N5O. The van der Waals surface area contributed by atoms with Crippen LogP contribution >= 0.6 is 0 Å². The van der Waals surface area contributed by atoms with E-state index >= 15 is 0 Å². The van der Waals surface area contributed by atoms with E-state index in [1.165, 1.54) is 24.1 Å². The largest absolute Gasteiger partial charge is 0.374 e. The van der Waals surface area contributed by atoms with Crippen molar-refractivity contribution in [3.8, 4) is 0 Å². The molecule has 21 heavy (non-hydrogen) atoms. The van der Waals surface area contributed by atoms with Gasteiger partial charge in [0.15, 0.2) is 5.82 Å². The minimum Gasteiger partial charge on any atom is -0.374 e. The summed E-state index contributed by atoms with van der Waals surface area (Å²) in [5.74, 6) is 0.802. The first-order chi connectivity index (χ1) is 10.2. The van der Waals surface area contributed by atoms with Gasteiger partial charge in [-0.2, -0.15) is 4.80 Å². The fourth-order valence-corrected chi connectivity index (χ4v) is 3.38. The van der Waals surface area contributed by atoms with Gasteiger partial charge >= 0.3 is 0 Å². The number of ether oxygens (including phenoxy) is 1. The summed E-state index contributed by atoms with van der Waals surface area (Å²) in [6.45, 7) is 6.05. The second-order valence-corrected chi connectivity index (χ2v) is 5.96. The highest BCUT2D eigenvalue weighted by Gasteiger charge is 2.40. The molecule has 0 amide bonds. The summed E-state index contributed by atoms with van der Waals surface area (Å²) in [5.41, 5.74) is -0.0681. The van der Waals surface area contributed by atoms with Crippen LogP contribution in [0, 0.1) is 0 Å². The number of hydrogen-bond donors (Lipinski definition) is 1. The Labute approximate surface area is 127 Å². The predicted molar refractivity (Wildman–Crippen MR) is 82.0 cm³/mol. The van der Waals surface area contributed by atoms with Gasteiger partial charge in [-0.05, 0) is 37.9 Å². The van der Waals surface area contributed by atoms with Crippen LogP contribution in [0.5, 0.6) is 0 Å². The Bertz CT molecular complexity index is 408. The van der Waals surface area contributed by atoms with Crippen LogP contribution < -0.4 is 5.32 Å². The maximum absolute atomic E-state index is 6.26. The van der Waals surface area contributed by atoms with Crippen LogP contribution in [0.2, 0.25) is 0 Å². The van der Waals surface area contributed by atoms with E-state index in [1.807, 2.05) is 7.05 Å². The number of aromatic nitrogens is 4. The van der Waals surface area contributed by atoms with E-state index in [2.05, 4.69) is 34.6 Å². The fourth-order valence-electron chi connectivity index (χ4n) is 3.38. The number of nitrogens with one attached hydrogen (secondary N) is 1. The van der Waals surface area contributed by atoms with Gasteiger partial charge in [-0.3, -0.25) is 0 Å². The second kappa shape index (κ2) is 7.84. The Hall–Kier alpha value is -1.01. The van der Waals surface area contributed by atoms with Gasteiger partial charge in [0.05, 0.1) is 12.6 Å². The van der Waals surface area contributed by atoms with Gasteiger partial charge in [-0.15, -0.1) is 10.2 Å². The van der Waals surface area contributed by atoms with Crippen molar-refractivity contribution in [1.29, 1.82) is 0 Å². The lowest BCUT2D eigenvalue weighted by Crippen LogP contribution is -2.55. The SMILES string of the molecule is CCCNC(Cc1nnn(C)n1)C1(OCC)CCCCC1. The number of nitrogens with zero attached hydrogens (tertiary/aromatic N) is 4. The van der Waals surface area contributed by atoms with Gasteiger partial charge in [-0.1, -0.05) is 26.2 Å². The average Bonchev–Trinajstić information content (AvgIpc) is 2.90. The molecule has 0 radical (unpaired) electrons. The summed E-state index contributed by atoms with van der Waals surface area (Å²) < 4.78 is 6.26. The third-order valence-electron chi connectivity index (χ3n) is 4.34. The van der Waals surface area contributed by atoms with Crippen molar-refractivity contribution in [3.05, 3.63) is 5.82 Å². The molecule has 1 atom stereocenters. The van der Waals surface area contributed by atoms with E-state index < -0.39 is 0 Å². The summed E-state index contributed by atoms with van der Waals surface area (Å²) >= 11 is 0. The van der Waals surface area contributed by atoms with Gasteiger partial charge in [0.2, 0.25) is 0 Å². The second-order valence-electron chi connectivity index (χ2n) is 5.96. The van der Waals surface area contributed by atoms with Crippen molar-refractivity contribution < 1.29 is 4.74 Å². The molecule has 1 unspecified atom stereocenters. The van der Waals surface area contributed by atoms with Crippen molar-refractivity contribution in [3.63, 3.8) is 0 Å². The first kappa shape index (κ1) is 16.4. The van der Waals surface area contributed by atoms with Crippen LogP contribution in [-0.4, -0.2) is 45.0 Å². The monoisotopic (exact) mass is 295 g/mol. The van der Waals surface area contributed by atoms with Crippen molar-refractivity contribution in [1.82, 2.24) is 25.5 Å². The van der Waals surface area contributed by atoms with Crippen molar-refractivity contribution >= 4 is 0 Å². The van der Waals surface area contributed by atoms with Crippen LogP contribution in [-0.2, 0) is 18.2 Å². The number of aryl methyl sites for hydroxylation is 1. The zero-order valence-corrected chi connectivity index (χ0v) is 13.6. The van der Waals surface area contributed by atoms with Crippen LogP contribution in [0.1, 0.15) is 58.2 Å². The molecule has 6 heteroatoms. The third kappa shape index (κ3) is 4.23. The predicted octanol–water partition coefficient (Wildman–Crippen LogP) is 1.86. The fraction of sp³-hybridized carbons (Fsp3) is 0.933. The first-order valence-electron chi connectivity index (χ1n) is 8.30. The van der Waals surface area contributed by atoms with Gasteiger partial charge in [-0.25, -0.2) is 0 Å². The quantitative estimate of drug-likeness (QED) is 0.793. The van der Waals surface area contributed by atoms with Crippen molar-refractivity contribution in [2.75, 3.05) is 13.2 Å². The molecule has 0 aliphatic heterocycles. The van der Waals surface area contributed by atoms with Gasteiger partial charge in [0.25, 0.3) is 0 Å². The minimum atomic E-state index is -0.0681. The van der Waals surface area contributed by atoms with E-state index in [0.717, 1.165) is 44.7 Å². The molecule has 1 N–H and O–H groups in total. The Kier molecular flexibility index (Phi) is 6.11. The Morgan fingerprint density at radius 3 is 2.62 bits per heavy atom. The Balaban J connectivity index is 2.14. The molecule has 1 saturated carbocycles. The van der Waals surface area contributed by atoms with Crippen LogP contribution in [0.15, 0.2) is 0 Å². The molecule has 120 valence electrons. The molecule has 1 aliphatic rings. The lowest BCUT2D eigenvalue weighted by atomic mass is 9.77. The summed E-state index contributed by atoms with van der Waals surface area (Å²) in [6.07, 6.45) is 7.97.